The minimum absolute atomic E-state index is 0.767. The van der Waals surface area contributed by atoms with E-state index in [4.69, 9.17) is 11.5 Å². The van der Waals surface area contributed by atoms with Gasteiger partial charge in [0.1, 0.15) is 0 Å². The first-order valence-electron chi connectivity index (χ1n) is 19.9. The lowest BCUT2D eigenvalue weighted by Crippen LogP contribution is -2.37. The molecule has 0 bridgehead atoms. The van der Waals surface area contributed by atoms with Gasteiger partial charge in [-0.15, -0.1) is 0 Å². The van der Waals surface area contributed by atoms with Gasteiger partial charge in [0, 0.05) is 13.1 Å². The summed E-state index contributed by atoms with van der Waals surface area (Å²) in [6.45, 7) is 21.5. The zero-order chi connectivity index (χ0) is 33.4. The summed E-state index contributed by atoms with van der Waals surface area (Å²) in [5.74, 6) is 5.62. The summed E-state index contributed by atoms with van der Waals surface area (Å²) in [6.07, 6.45) is 17.9. The molecule has 6 saturated heterocycles. The lowest BCUT2D eigenvalue weighted by atomic mass is 9.79. The van der Waals surface area contributed by atoms with E-state index in [1.807, 2.05) is 0 Å². The van der Waals surface area contributed by atoms with Gasteiger partial charge in [0.05, 0.1) is 0 Å². The fourth-order valence-electron chi connectivity index (χ4n) is 8.02. The molecule has 6 fully saturated rings. The van der Waals surface area contributed by atoms with Crippen LogP contribution in [0.3, 0.4) is 0 Å². The van der Waals surface area contributed by atoms with Crippen molar-refractivity contribution in [2.45, 2.75) is 97.3 Å². The van der Waals surface area contributed by atoms with Gasteiger partial charge in [0.15, 0.2) is 0 Å². The SMILES string of the molecule is CC1CCCNC1.CC1CCNCC1.CN1CCC(C2CCNCC2)CC1.CN1CCCC(CCN)C1.CN1CCCC(CN)C1. The standard InChI is InChI=1S/C11H22N2.C8H18N2.C7H16N2.2C6H13N/c1-13-8-4-11(5-9-13)10-2-6-12-7-3-10;1-10-6-2-3-8(7-10)4-5-9;1-9-4-2-3-7(5-8)6-9;1-6-2-4-7-5-3-6;1-6-3-2-4-7-5-6/h10-12H,2-9H2,1H3;8H,2-7,9H2,1H3;7H,2-6,8H2,1H3;2*6-7H,2-5H2,1H3. The molecule has 6 aliphatic rings. The number of hydrogen-bond donors (Lipinski definition) is 5. The Morgan fingerprint density at radius 3 is 1.48 bits per heavy atom. The van der Waals surface area contributed by atoms with Gasteiger partial charge in [-0.2, -0.15) is 0 Å². The Labute approximate surface area is 287 Å². The van der Waals surface area contributed by atoms with E-state index in [0.717, 1.165) is 48.6 Å². The molecule has 8 nitrogen and oxygen atoms in total. The van der Waals surface area contributed by atoms with E-state index < -0.39 is 0 Å². The highest BCUT2D eigenvalue weighted by Gasteiger charge is 2.26. The van der Waals surface area contributed by atoms with Crippen LogP contribution in [0.1, 0.15) is 97.3 Å². The van der Waals surface area contributed by atoms with Gasteiger partial charge in [-0.05, 0) is 219 Å². The summed E-state index contributed by atoms with van der Waals surface area (Å²) < 4.78 is 0. The van der Waals surface area contributed by atoms with E-state index in [2.05, 4.69) is 65.6 Å². The number of nitrogens with zero attached hydrogens (tertiary/aromatic N) is 3. The van der Waals surface area contributed by atoms with Crippen molar-refractivity contribution >= 4 is 0 Å². The van der Waals surface area contributed by atoms with Crippen LogP contribution >= 0.6 is 0 Å². The Morgan fingerprint density at radius 1 is 0.522 bits per heavy atom. The minimum Gasteiger partial charge on any atom is -0.330 e. The maximum absolute atomic E-state index is 5.54. The number of likely N-dealkylation sites (tertiary alicyclic amines) is 3. The molecule has 0 radical (unpaired) electrons. The van der Waals surface area contributed by atoms with Crippen molar-refractivity contribution in [3.05, 3.63) is 0 Å². The predicted molar refractivity (Wildman–Crippen MR) is 202 cm³/mol. The van der Waals surface area contributed by atoms with E-state index >= 15 is 0 Å². The zero-order valence-corrected chi connectivity index (χ0v) is 31.6. The second-order valence-electron chi connectivity index (χ2n) is 16.0. The molecule has 0 aromatic carbocycles. The molecule has 3 atom stereocenters. The van der Waals surface area contributed by atoms with Gasteiger partial charge in [-0.3, -0.25) is 0 Å². The van der Waals surface area contributed by atoms with E-state index in [-0.39, 0.29) is 0 Å². The largest absolute Gasteiger partial charge is 0.330 e. The number of nitrogens with one attached hydrogen (secondary N) is 3. The van der Waals surface area contributed by atoms with E-state index in [0.29, 0.717) is 0 Å². The van der Waals surface area contributed by atoms with Crippen LogP contribution in [0.25, 0.3) is 0 Å². The van der Waals surface area contributed by atoms with Crippen molar-refractivity contribution in [3.63, 3.8) is 0 Å². The molecule has 0 aromatic rings. The maximum Gasteiger partial charge on any atom is 0.00187 e. The molecular formula is C38H82N8. The normalized spacial score (nSPS) is 29.4. The molecule has 3 unspecified atom stereocenters. The Morgan fingerprint density at radius 2 is 1.07 bits per heavy atom. The molecule has 0 aromatic heterocycles. The molecule has 6 aliphatic heterocycles. The second kappa shape index (κ2) is 26.5. The molecule has 7 N–H and O–H groups in total. The van der Waals surface area contributed by atoms with Gasteiger partial charge in [0.2, 0.25) is 0 Å². The lowest BCUT2D eigenvalue weighted by Gasteiger charge is -2.36. The Bertz CT molecular complexity index is 652. The van der Waals surface area contributed by atoms with Crippen LogP contribution in [0.4, 0.5) is 0 Å². The molecule has 46 heavy (non-hydrogen) atoms. The summed E-state index contributed by atoms with van der Waals surface area (Å²) in [6, 6.07) is 0. The Balaban J connectivity index is 0.000000204. The van der Waals surface area contributed by atoms with Crippen LogP contribution in [0.2, 0.25) is 0 Å². The molecule has 0 aliphatic carbocycles. The molecule has 8 heteroatoms. The molecule has 0 saturated carbocycles. The molecule has 0 amide bonds. The van der Waals surface area contributed by atoms with Crippen molar-refractivity contribution in [3.8, 4) is 0 Å². The number of hydrogen-bond acceptors (Lipinski definition) is 8. The van der Waals surface area contributed by atoms with Crippen molar-refractivity contribution < 1.29 is 0 Å². The Kier molecular flexibility index (Phi) is 24.1. The van der Waals surface area contributed by atoms with Gasteiger partial charge >= 0.3 is 0 Å². The highest BCUT2D eigenvalue weighted by Crippen LogP contribution is 2.30. The summed E-state index contributed by atoms with van der Waals surface area (Å²) in [5.41, 5.74) is 11.0. The van der Waals surface area contributed by atoms with E-state index in [1.165, 1.54) is 162 Å². The van der Waals surface area contributed by atoms with Crippen molar-refractivity contribution in [1.29, 1.82) is 0 Å². The van der Waals surface area contributed by atoms with Crippen molar-refractivity contribution in [2.75, 3.05) is 113 Å². The van der Waals surface area contributed by atoms with E-state index in [9.17, 15) is 0 Å². The average molecular weight is 651 g/mol. The first-order chi connectivity index (χ1) is 22.3. The maximum atomic E-state index is 5.54. The minimum atomic E-state index is 0.767. The molecular weight excluding hydrogens is 568 g/mol. The third-order valence-electron chi connectivity index (χ3n) is 11.3. The average Bonchev–Trinajstić information content (AvgIpc) is 3.08. The molecule has 274 valence electrons. The predicted octanol–water partition coefficient (Wildman–Crippen LogP) is 4.30. The second-order valence-corrected chi connectivity index (χ2v) is 16.0. The van der Waals surface area contributed by atoms with Crippen molar-refractivity contribution in [1.82, 2.24) is 30.7 Å². The first-order valence-corrected chi connectivity index (χ1v) is 19.9. The monoisotopic (exact) mass is 651 g/mol. The van der Waals surface area contributed by atoms with Gasteiger partial charge < -0.3 is 42.1 Å². The molecule has 0 spiro atoms. The number of piperidine rings is 6. The van der Waals surface area contributed by atoms with E-state index in [1.54, 1.807) is 0 Å². The van der Waals surface area contributed by atoms with Crippen LogP contribution < -0.4 is 27.4 Å². The van der Waals surface area contributed by atoms with Crippen molar-refractivity contribution in [2.24, 2.45) is 47.0 Å². The quantitative estimate of drug-likeness (QED) is 0.308. The van der Waals surface area contributed by atoms with Crippen LogP contribution in [0.5, 0.6) is 0 Å². The van der Waals surface area contributed by atoms with Crippen LogP contribution in [-0.4, -0.2) is 127 Å². The van der Waals surface area contributed by atoms with Gasteiger partial charge in [0.25, 0.3) is 0 Å². The topological polar surface area (TPSA) is 97.8 Å². The zero-order valence-electron chi connectivity index (χ0n) is 31.6. The summed E-state index contributed by atoms with van der Waals surface area (Å²) in [7, 11) is 6.61. The first kappa shape index (κ1) is 41.8. The molecule has 6 rings (SSSR count). The summed E-state index contributed by atoms with van der Waals surface area (Å²) in [5, 5.41) is 10.1. The van der Waals surface area contributed by atoms with Gasteiger partial charge in [-0.25, -0.2) is 0 Å². The Hall–Kier alpha value is -0.320. The fraction of sp³-hybridized carbons (Fsp3) is 1.00. The van der Waals surface area contributed by atoms with Gasteiger partial charge in [-0.1, -0.05) is 13.8 Å². The lowest BCUT2D eigenvalue weighted by molar-refractivity contribution is 0.149. The van der Waals surface area contributed by atoms with Crippen LogP contribution in [0, 0.1) is 35.5 Å². The summed E-state index contributed by atoms with van der Waals surface area (Å²) >= 11 is 0. The highest BCUT2D eigenvalue weighted by molar-refractivity contribution is 4.80. The van der Waals surface area contributed by atoms with Crippen LogP contribution in [-0.2, 0) is 0 Å². The third kappa shape index (κ3) is 20.3. The highest BCUT2D eigenvalue weighted by atomic mass is 15.1. The molecule has 6 heterocycles. The number of nitrogens with two attached hydrogens (primary N) is 2. The number of rotatable bonds is 4. The summed E-state index contributed by atoms with van der Waals surface area (Å²) in [4.78, 5) is 7.24. The fourth-order valence-corrected chi connectivity index (χ4v) is 8.02. The van der Waals surface area contributed by atoms with Crippen LogP contribution in [0.15, 0.2) is 0 Å². The third-order valence-corrected chi connectivity index (χ3v) is 11.3. The smallest absolute Gasteiger partial charge is 0.00187 e.